The molecule has 0 saturated heterocycles. The molecule has 114 valence electrons. The van der Waals surface area contributed by atoms with Gasteiger partial charge in [0.1, 0.15) is 5.82 Å². The minimum atomic E-state index is -0.843. The maximum absolute atomic E-state index is 13.4. The molecule has 5 heteroatoms. The van der Waals surface area contributed by atoms with Crippen molar-refractivity contribution in [2.75, 3.05) is 7.05 Å². The van der Waals surface area contributed by atoms with Gasteiger partial charge in [-0.15, -0.1) is 0 Å². The molecule has 22 heavy (non-hydrogen) atoms. The summed E-state index contributed by atoms with van der Waals surface area (Å²) < 4.78 is 13.4. The average Bonchev–Trinajstić information content (AvgIpc) is 2.76. The highest BCUT2D eigenvalue weighted by Gasteiger charge is 2.36. The molecule has 4 nitrogen and oxygen atoms in total. The molecule has 0 aliphatic carbocycles. The lowest BCUT2D eigenvalue weighted by atomic mass is 9.97. The van der Waals surface area contributed by atoms with Crippen LogP contribution in [-0.2, 0) is 10.6 Å². The Labute approximate surface area is 129 Å². The predicted octanol–water partition coefficient (Wildman–Crippen LogP) is 3.17. The van der Waals surface area contributed by atoms with Crippen LogP contribution in [0.25, 0.3) is 11.1 Å². The van der Waals surface area contributed by atoms with E-state index in [1.54, 1.807) is 20.0 Å². The van der Waals surface area contributed by atoms with E-state index in [0.29, 0.717) is 11.5 Å². The van der Waals surface area contributed by atoms with Gasteiger partial charge in [0.2, 0.25) is 11.7 Å². The molecule has 0 spiro atoms. The third-order valence-corrected chi connectivity index (χ3v) is 3.85. The van der Waals surface area contributed by atoms with Crippen molar-refractivity contribution in [3.63, 3.8) is 0 Å². The fourth-order valence-electron chi connectivity index (χ4n) is 2.55. The number of aryl methyl sites for hydroxylation is 1. The summed E-state index contributed by atoms with van der Waals surface area (Å²) in [5.41, 5.74) is 8.38. The van der Waals surface area contributed by atoms with Gasteiger partial charge in [-0.1, -0.05) is 24.3 Å². The average molecular weight is 299 g/mol. The molecule has 0 aromatic heterocycles. The molecule has 1 heterocycles. The molecule has 0 saturated carbocycles. The highest BCUT2D eigenvalue weighted by Crippen LogP contribution is 2.34. The number of hydrogen-bond donors (Lipinski definition) is 1. The Bertz CT molecular complexity index is 759. The van der Waals surface area contributed by atoms with Crippen molar-refractivity contribution in [2.45, 2.75) is 19.6 Å². The Morgan fingerprint density at radius 2 is 1.91 bits per heavy atom. The summed E-state index contributed by atoms with van der Waals surface area (Å²) in [6, 6.07) is 12.9. The normalized spacial score (nSPS) is 21.1. The second-order valence-corrected chi connectivity index (χ2v) is 5.59. The minimum absolute atomic E-state index is 0.204. The van der Waals surface area contributed by atoms with Gasteiger partial charge in [0.05, 0.1) is 0 Å². The van der Waals surface area contributed by atoms with Gasteiger partial charge in [0, 0.05) is 12.6 Å². The number of halogens is 1. The van der Waals surface area contributed by atoms with E-state index in [1.165, 1.54) is 11.1 Å². The van der Waals surface area contributed by atoms with Gasteiger partial charge in [-0.2, -0.15) is 0 Å². The summed E-state index contributed by atoms with van der Waals surface area (Å²) in [5, 5.41) is 1.45. The van der Waals surface area contributed by atoms with Gasteiger partial charge < -0.3 is 5.73 Å². The smallest absolute Gasteiger partial charge is 0.218 e. The molecule has 1 aliphatic heterocycles. The van der Waals surface area contributed by atoms with E-state index >= 15 is 0 Å². The Hall–Kier alpha value is -2.40. The number of nitrogens with zero attached hydrogens (tertiary/aromatic N) is 2. The van der Waals surface area contributed by atoms with Crippen LogP contribution in [0.1, 0.15) is 18.1 Å². The van der Waals surface area contributed by atoms with Crippen molar-refractivity contribution >= 4 is 5.96 Å². The monoisotopic (exact) mass is 299 g/mol. The quantitative estimate of drug-likeness (QED) is 0.926. The summed E-state index contributed by atoms with van der Waals surface area (Å²) in [4.78, 5) is 10.1. The maximum atomic E-state index is 13.4. The van der Waals surface area contributed by atoms with Gasteiger partial charge in [-0.05, 0) is 48.7 Å². The van der Waals surface area contributed by atoms with E-state index in [4.69, 9.17) is 10.6 Å². The lowest BCUT2D eigenvalue weighted by Gasteiger charge is -2.22. The van der Waals surface area contributed by atoms with Crippen molar-refractivity contribution in [1.29, 1.82) is 0 Å². The van der Waals surface area contributed by atoms with Crippen LogP contribution < -0.4 is 5.73 Å². The van der Waals surface area contributed by atoms with E-state index in [9.17, 15) is 4.39 Å². The summed E-state index contributed by atoms with van der Waals surface area (Å²) in [6.07, 6.45) is 0. The zero-order chi connectivity index (χ0) is 15.9. The lowest BCUT2D eigenvalue weighted by molar-refractivity contribution is -0.163. The minimum Gasteiger partial charge on any atom is -0.368 e. The van der Waals surface area contributed by atoms with Gasteiger partial charge in [0.15, 0.2) is 0 Å². The first-order chi connectivity index (χ1) is 10.4. The van der Waals surface area contributed by atoms with Crippen LogP contribution in [0.3, 0.4) is 0 Å². The maximum Gasteiger partial charge on any atom is 0.218 e. The van der Waals surface area contributed by atoms with Crippen molar-refractivity contribution in [3.05, 3.63) is 59.4 Å². The molecule has 2 aromatic rings. The lowest BCUT2D eigenvalue weighted by Crippen LogP contribution is -2.30. The third kappa shape index (κ3) is 2.44. The van der Waals surface area contributed by atoms with Crippen LogP contribution in [0.4, 0.5) is 4.39 Å². The Balaban J connectivity index is 2.02. The molecule has 2 N–H and O–H groups in total. The number of hydrogen-bond acceptors (Lipinski definition) is 4. The van der Waals surface area contributed by atoms with E-state index in [0.717, 1.165) is 16.7 Å². The number of benzene rings is 2. The first-order valence-electron chi connectivity index (χ1n) is 7.04. The molecule has 1 atom stereocenters. The first-order valence-corrected chi connectivity index (χ1v) is 7.04. The molecule has 1 aliphatic rings. The van der Waals surface area contributed by atoms with Crippen LogP contribution >= 0.6 is 0 Å². The standard InChI is InChI=1S/C17H18FN3O/c1-11-9-13(7-8-15(11)18)12-5-4-6-14(10-12)17(2)20-16(19)21(3)22-17/h4-10H,1-3H3,(H2,19,20). The van der Waals surface area contributed by atoms with Crippen molar-refractivity contribution in [1.82, 2.24) is 5.06 Å². The van der Waals surface area contributed by atoms with Gasteiger partial charge in [0.25, 0.3) is 0 Å². The molecule has 3 rings (SSSR count). The Morgan fingerprint density at radius 3 is 2.55 bits per heavy atom. The van der Waals surface area contributed by atoms with Crippen molar-refractivity contribution in [2.24, 2.45) is 10.7 Å². The van der Waals surface area contributed by atoms with Crippen LogP contribution in [0.15, 0.2) is 47.5 Å². The van der Waals surface area contributed by atoms with Gasteiger partial charge in [-0.25, -0.2) is 19.3 Å². The molecule has 0 fully saturated rings. The highest BCUT2D eigenvalue weighted by molar-refractivity contribution is 5.78. The van der Waals surface area contributed by atoms with Crippen LogP contribution in [0.2, 0.25) is 0 Å². The molecule has 1 unspecified atom stereocenters. The number of rotatable bonds is 2. The van der Waals surface area contributed by atoms with E-state index < -0.39 is 5.72 Å². The fourth-order valence-corrected chi connectivity index (χ4v) is 2.55. The predicted molar refractivity (Wildman–Crippen MR) is 84.4 cm³/mol. The summed E-state index contributed by atoms with van der Waals surface area (Å²) >= 11 is 0. The number of hydroxylamine groups is 2. The molecule has 0 amide bonds. The van der Waals surface area contributed by atoms with E-state index in [-0.39, 0.29) is 5.82 Å². The topological polar surface area (TPSA) is 50.8 Å². The fraction of sp³-hybridized carbons (Fsp3) is 0.235. The summed E-state index contributed by atoms with van der Waals surface area (Å²) in [7, 11) is 1.72. The molecular weight excluding hydrogens is 281 g/mol. The Morgan fingerprint density at radius 1 is 1.18 bits per heavy atom. The van der Waals surface area contributed by atoms with Crippen LogP contribution in [-0.4, -0.2) is 18.1 Å². The second kappa shape index (κ2) is 5.10. The first kappa shape index (κ1) is 14.5. The third-order valence-electron chi connectivity index (χ3n) is 3.85. The number of nitrogens with two attached hydrogens (primary N) is 1. The zero-order valence-electron chi connectivity index (χ0n) is 12.8. The van der Waals surface area contributed by atoms with E-state index in [1.807, 2.05) is 37.3 Å². The molecule has 0 bridgehead atoms. The summed E-state index contributed by atoms with van der Waals surface area (Å²) in [6.45, 7) is 3.61. The van der Waals surface area contributed by atoms with Crippen LogP contribution in [0, 0.1) is 12.7 Å². The Kier molecular flexibility index (Phi) is 3.37. The van der Waals surface area contributed by atoms with Crippen LogP contribution in [0.5, 0.6) is 0 Å². The van der Waals surface area contributed by atoms with Gasteiger partial charge in [-0.3, -0.25) is 0 Å². The molecule has 2 aromatic carbocycles. The van der Waals surface area contributed by atoms with Crippen molar-refractivity contribution < 1.29 is 9.23 Å². The van der Waals surface area contributed by atoms with Gasteiger partial charge >= 0.3 is 0 Å². The highest BCUT2D eigenvalue weighted by atomic mass is 19.1. The van der Waals surface area contributed by atoms with E-state index in [2.05, 4.69) is 4.99 Å². The summed E-state index contributed by atoms with van der Waals surface area (Å²) in [5.74, 6) is 0.135. The van der Waals surface area contributed by atoms with Crippen molar-refractivity contribution in [3.8, 4) is 11.1 Å². The second-order valence-electron chi connectivity index (χ2n) is 5.59. The molecule has 0 radical (unpaired) electrons. The SMILES string of the molecule is Cc1cc(-c2cccc(C3(C)N=C(N)N(C)O3)c2)ccc1F. The molecular formula is C17H18FN3O. The zero-order valence-corrected chi connectivity index (χ0v) is 12.8. The largest absolute Gasteiger partial charge is 0.368 e. The number of aliphatic imine (C=N–C) groups is 1. The number of guanidine groups is 1.